The lowest BCUT2D eigenvalue weighted by molar-refractivity contribution is -0.162. The van der Waals surface area contributed by atoms with Crippen LogP contribution in [0.5, 0.6) is 0 Å². The van der Waals surface area contributed by atoms with Crippen molar-refractivity contribution in [1.29, 1.82) is 0 Å². The summed E-state index contributed by atoms with van der Waals surface area (Å²) >= 11 is 0. The van der Waals surface area contributed by atoms with Gasteiger partial charge in [0.1, 0.15) is 23.7 Å². The number of esters is 1. The number of nitrogens with one attached hydrogen (secondary N) is 1. The molecule has 6 rings (SSSR count). The molecule has 5 bridgehead atoms. The van der Waals surface area contributed by atoms with Crippen molar-refractivity contribution < 1.29 is 38.5 Å². The number of anilines is 1. The van der Waals surface area contributed by atoms with Gasteiger partial charge in [-0.3, -0.25) is 19.2 Å². The second-order valence-corrected chi connectivity index (χ2v) is 13.3. The first kappa shape index (κ1) is 34.5. The van der Waals surface area contributed by atoms with Crippen LogP contribution in [0.15, 0.2) is 72.8 Å². The van der Waals surface area contributed by atoms with Gasteiger partial charge in [0, 0.05) is 38.9 Å². The Labute approximate surface area is 286 Å². The number of ether oxygens (including phenoxy) is 3. The maximum absolute atomic E-state index is 15.0. The van der Waals surface area contributed by atoms with E-state index in [1.807, 2.05) is 74.5 Å². The minimum Gasteiger partial charge on any atom is -0.455 e. The van der Waals surface area contributed by atoms with E-state index in [1.54, 1.807) is 22.0 Å². The zero-order valence-electron chi connectivity index (χ0n) is 28.2. The fourth-order valence-electron chi connectivity index (χ4n) is 7.93. The number of methoxy groups -OCH3 is 1. The van der Waals surface area contributed by atoms with Gasteiger partial charge >= 0.3 is 5.97 Å². The zero-order valence-corrected chi connectivity index (χ0v) is 28.2. The van der Waals surface area contributed by atoms with E-state index in [1.165, 1.54) is 7.11 Å². The molecular formula is C38H45N3O8. The van der Waals surface area contributed by atoms with E-state index >= 15 is 4.79 Å². The van der Waals surface area contributed by atoms with Crippen molar-refractivity contribution >= 4 is 29.4 Å². The van der Waals surface area contributed by atoms with Gasteiger partial charge in [-0.25, -0.2) is 0 Å². The van der Waals surface area contributed by atoms with Crippen molar-refractivity contribution in [3.8, 4) is 0 Å². The predicted octanol–water partition coefficient (Wildman–Crippen LogP) is 3.33. The first-order valence-corrected chi connectivity index (χ1v) is 17.1. The molecule has 3 amide bonds. The van der Waals surface area contributed by atoms with Gasteiger partial charge in [0.15, 0.2) is 0 Å². The van der Waals surface area contributed by atoms with E-state index in [-0.39, 0.29) is 50.4 Å². The summed E-state index contributed by atoms with van der Waals surface area (Å²) in [5, 5.41) is 12.6. The fourth-order valence-corrected chi connectivity index (χ4v) is 7.93. The summed E-state index contributed by atoms with van der Waals surface area (Å²) < 4.78 is 18.4. The second-order valence-electron chi connectivity index (χ2n) is 13.3. The monoisotopic (exact) mass is 671 g/mol. The number of para-hydroxylation sites is 1. The minimum atomic E-state index is -1.39. The summed E-state index contributed by atoms with van der Waals surface area (Å²) in [6.07, 6.45) is 7.09. The molecule has 1 spiro atoms. The maximum atomic E-state index is 15.0. The van der Waals surface area contributed by atoms with Crippen LogP contribution < -0.4 is 10.2 Å². The van der Waals surface area contributed by atoms with Gasteiger partial charge in [0.2, 0.25) is 11.8 Å². The number of cyclic esters (lactones) is 1. The average Bonchev–Trinajstić information content (AvgIpc) is 3.73. The number of amides is 3. The molecule has 260 valence electrons. The summed E-state index contributed by atoms with van der Waals surface area (Å²) in [6, 6.07) is 13.2. The molecule has 49 heavy (non-hydrogen) atoms. The largest absolute Gasteiger partial charge is 0.455 e. The van der Waals surface area contributed by atoms with Crippen LogP contribution in [0, 0.1) is 25.7 Å². The molecule has 11 heteroatoms. The highest BCUT2D eigenvalue weighted by atomic mass is 16.6. The molecule has 2 saturated heterocycles. The van der Waals surface area contributed by atoms with Crippen LogP contribution in [0.25, 0.3) is 0 Å². The highest BCUT2D eigenvalue weighted by Gasteiger charge is 2.73. The highest BCUT2D eigenvalue weighted by Crippen LogP contribution is 2.56. The van der Waals surface area contributed by atoms with E-state index in [9.17, 15) is 19.5 Å². The number of aryl methyl sites for hydroxylation is 2. The Morgan fingerprint density at radius 2 is 1.73 bits per heavy atom. The molecule has 4 aliphatic heterocycles. The Balaban J connectivity index is 1.46. The summed E-state index contributed by atoms with van der Waals surface area (Å²) in [5.41, 5.74) is 1.78. The molecule has 2 fully saturated rings. The number of rotatable bonds is 8. The van der Waals surface area contributed by atoms with Gasteiger partial charge in [0.25, 0.3) is 5.91 Å². The lowest BCUT2D eigenvalue weighted by Gasteiger charge is -2.36. The number of allylic oxidation sites excluding steroid dienone is 1. The molecule has 4 heterocycles. The van der Waals surface area contributed by atoms with Gasteiger partial charge in [0.05, 0.1) is 24.7 Å². The number of carbonyl (C=O) groups excluding carboxylic acids is 4. The molecule has 2 aromatic rings. The molecule has 4 aliphatic rings. The fraction of sp³-hybridized carbons (Fsp3) is 0.474. The summed E-state index contributed by atoms with van der Waals surface area (Å²) in [7, 11) is 1.52. The van der Waals surface area contributed by atoms with Crippen LogP contribution in [-0.4, -0.2) is 90.9 Å². The van der Waals surface area contributed by atoms with Crippen LogP contribution in [0.1, 0.15) is 48.5 Å². The van der Waals surface area contributed by atoms with Crippen molar-refractivity contribution in [2.45, 2.75) is 69.4 Å². The van der Waals surface area contributed by atoms with Gasteiger partial charge in [-0.1, -0.05) is 72.8 Å². The molecule has 0 unspecified atom stereocenters. The molecule has 2 N–H and O–H groups in total. The van der Waals surface area contributed by atoms with Crippen LogP contribution in [0.4, 0.5) is 5.69 Å². The first-order valence-electron chi connectivity index (χ1n) is 17.1. The zero-order chi connectivity index (χ0) is 34.7. The Hall–Kier alpha value is -4.32. The number of hydrogen-bond donors (Lipinski definition) is 2. The number of hydrogen-bond acceptors (Lipinski definition) is 8. The third kappa shape index (κ3) is 6.42. The molecule has 11 nitrogen and oxygen atoms in total. The Morgan fingerprint density at radius 3 is 2.45 bits per heavy atom. The maximum Gasteiger partial charge on any atom is 0.313 e. The van der Waals surface area contributed by atoms with E-state index in [2.05, 4.69) is 5.32 Å². The third-order valence-corrected chi connectivity index (χ3v) is 10.1. The molecule has 0 radical (unpaired) electrons. The number of carbonyl (C=O) groups is 4. The number of fused-ring (bicyclic) bond motifs is 2. The molecule has 2 aromatic carbocycles. The van der Waals surface area contributed by atoms with Crippen molar-refractivity contribution in [1.82, 2.24) is 10.2 Å². The lowest BCUT2D eigenvalue weighted by atomic mass is 9.74. The van der Waals surface area contributed by atoms with Crippen LogP contribution >= 0.6 is 0 Å². The van der Waals surface area contributed by atoms with Gasteiger partial charge < -0.3 is 34.4 Å². The van der Waals surface area contributed by atoms with E-state index in [0.29, 0.717) is 24.8 Å². The Kier molecular flexibility index (Phi) is 10.3. The lowest BCUT2D eigenvalue weighted by Crippen LogP contribution is -2.56. The van der Waals surface area contributed by atoms with Crippen LogP contribution in [0.3, 0.4) is 0 Å². The quantitative estimate of drug-likeness (QED) is 0.248. The molecule has 0 saturated carbocycles. The standard InChI is InChI=1S/C38H45N3O8/c1-24-13-12-14-25(2)32(24)40-20-9-5-8-17-29(43)39-27(23-47-3)33(26-15-6-4-7-16-26)48-37(46)30-28-18-19-38(49-28)31(30)35(44)41(21-10-11-22-42)34(38)36(40)45/h4-7,9,12-16,18-19,27-28,30-31,33-34,42H,8,10-11,17,20-23H2,1-3H3,(H,39,43)/b9-5-/t27-,28+,30-,31-,33-,34+,38-/m0/s1. The summed E-state index contributed by atoms with van der Waals surface area (Å²) in [4.78, 5) is 60.4. The van der Waals surface area contributed by atoms with Crippen molar-refractivity contribution in [3.05, 3.63) is 89.5 Å². The van der Waals surface area contributed by atoms with E-state index in [4.69, 9.17) is 14.2 Å². The average molecular weight is 672 g/mol. The van der Waals surface area contributed by atoms with Gasteiger partial charge in [-0.15, -0.1) is 0 Å². The summed E-state index contributed by atoms with van der Waals surface area (Å²) in [6.45, 7) is 4.31. The van der Waals surface area contributed by atoms with Gasteiger partial charge in [-0.2, -0.15) is 0 Å². The number of benzene rings is 2. The van der Waals surface area contributed by atoms with Crippen molar-refractivity contribution in [2.24, 2.45) is 11.8 Å². The van der Waals surface area contributed by atoms with E-state index < -0.39 is 47.7 Å². The molecule has 7 atom stereocenters. The molecular weight excluding hydrogens is 626 g/mol. The number of aliphatic hydroxyl groups excluding tert-OH is 1. The third-order valence-electron chi connectivity index (χ3n) is 10.1. The van der Waals surface area contributed by atoms with Crippen molar-refractivity contribution in [3.63, 3.8) is 0 Å². The normalized spacial score (nSPS) is 30.8. The smallest absolute Gasteiger partial charge is 0.313 e. The number of aliphatic hydroxyl groups is 1. The van der Waals surface area contributed by atoms with Crippen LogP contribution in [-0.2, 0) is 33.4 Å². The molecule has 0 aliphatic carbocycles. The number of unbranched alkanes of at least 4 members (excludes halogenated alkanes) is 1. The van der Waals surface area contributed by atoms with Crippen LogP contribution in [0.2, 0.25) is 0 Å². The van der Waals surface area contributed by atoms with E-state index in [0.717, 1.165) is 16.8 Å². The first-order chi connectivity index (χ1) is 23.7. The molecule has 0 aromatic heterocycles. The topological polar surface area (TPSA) is 135 Å². The number of likely N-dealkylation sites (tertiary alicyclic amines) is 1. The van der Waals surface area contributed by atoms with Crippen molar-refractivity contribution in [2.75, 3.05) is 38.3 Å². The Bertz CT molecular complexity index is 1610. The Morgan fingerprint density at radius 1 is 0.980 bits per heavy atom. The van der Waals surface area contributed by atoms with Gasteiger partial charge in [-0.05, 0) is 49.8 Å². The predicted molar refractivity (Wildman–Crippen MR) is 181 cm³/mol. The number of nitrogens with zero attached hydrogens (tertiary/aromatic N) is 2. The minimum absolute atomic E-state index is 0.0536. The highest BCUT2D eigenvalue weighted by molar-refractivity contribution is 6.06. The SMILES string of the molecule is COC[C@@H]1NC(=O)CC/C=C\CN(c2c(C)cccc2C)C(=O)[C@H]2N(CCCCO)C(=O)[C@@H]3[C@@H](C(=O)O[C@H]1c1ccccc1)[C@H]1C=C[C@]32O1. The summed E-state index contributed by atoms with van der Waals surface area (Å²) in [5.74, 6) is -3.61. The second kappa shape index (κ2) is 14.7.